The van der Waals surface area contributed by atoms with Gasteiger partial charge in [-0.05, 0) is 12.8 Å². The summed E-state index contributed by atoms with van der Waals surface area (Å²) in [6.45, 7) is 1.31. The SMILES string of the molecule is O=C1CSCC(=O)N1C1CCC2(CC1)OCCO2. The molecule has 18 heavy (non-hydrogen) atoms. The lowest BCUT2D eigenvalue weighted by Crippen LogP contribution is -2.52. The molecule has 0 bridgehead atoms. The maximum atomic E-state index is 11.8. The van der Waals surface area contributed by atoms with Crippen LogP contribution in [0.3, 0.4) is 0 Å². The molecule has 0 N–H and O–H groups in total. The summed E-state index contributed by atoms with van der Waals surface area (Å²) < 4.78 is 11.3. The van der Waals surface area contributed by atoms with E-state index in [4.69, 9.17) is 9.47 Å². The van der Waals surface area contributed by atoms with Crippen LogP contribution in [0.15, 0.2) is 0 Å². The minimum atomic E-state index is -0.423. The zero-order valence-corrected chi connectivity index (χ0v) is 11.0. The second-order valence-electron chi connectivity index (χ2n) is 4.99. The minimum Gasteiger partial charge on any atom is -0.348 e. The Kier molecular flexibility index (Phi) is 3.34. The standard InChI is InChI=1S/C12H17NO4S/c14-10-7-18-8-11(15)13(10)9-1-3-12(4-2-9)16-5-6-17-12/h9H,1-8H2. The number of carbonyl (C=O) groups is 2. The Morgan fingerprint density at radius 3 is 2.17 bits per heavy atom. The summed E-state index contributed by atoms with van der Waals surface area (Å²) >= 11 is 1.41. The van der Waals surface area contributed by atoms with Crippen molar-refractivity contribution in [1.29, 1.82) is 0 Å². The van der Waals surface area contributed by atoms with Crippen molar-refractivity contribution < 1.29 is 19.1 Å². The fourth-order valence-corrected chi connectivity index (χ4v) is 3.73. The first-order chi connectivity index (χ1) is 8.70. The van der Waals surface area contributed by atoms with Crippen LogP contribution in [0.5, 0.6) is 0 Å². The lowest BCUT2D eigenvalue weighted by Gasteiger charge is -2.40. The van der Waals surface area contributed by atoms with Gasteiger partial charge in [0.1, 0.15) is 0 Å². The van der Waals surface area contributed by atoms with Gasteiger partial charge in [0.25, 0.3) is 0 Å². The molecular formula is C12H17NO4S. The highest BCUT2D eigenvalue weighted by Crippen LogP contribution is 2.38. The van der Waals surface area contributed by atoms with E-state index in [0.29, 0.717) is 24.7 Å². The fourth-order valence-electron chi connectivity index (χ4n) is 3.00. The summed E-state index contributed by atoms with van der Waals surface area (Å²) in [4.78, 5) is 25.2. The average Bonchev–Trinajstić information content (AvgIpc) is 2.80. The molecule has 0 aromatic carbocycles. The maximum Gasteiger partial charge on any atom is 0.239 e. The number of ether oxygens (including phenoxy) is 2. The van der Waals surface area contributed by atoms with Crippen molar-refractivity contribution in [2.45, 2.75) is 37.5 Å². The van der Waals surface area contributed by atoms with Gasteiger partial charge >= 0.3 is 0 Å². The highest BCUT2D eigenvalue weighted by molar-refractivity contribution is 8.00. The maximum absolute atomic E-state index is 11.8. The van der Waals surface area contributed by atoms with Crippen LogP contribution in [0.1, 0.15) is 25.7 Å². The number of nitrogens with zero attached hydrogens (tertiary/aromatic N) is 1. The molecule has 100 valence electrons. The predicted octanol–water partition coefficient (Wildman–Crippen LogP) is 0.774. The third-order valence-corrected chi connectivity index (χ3v) is 4.79. The van der Waals surface area contributed by atoms with E-state index in [1.807, 2.05) is 0 Å². The van der Waals surface area contributed by atoms with Gasteiger partial charge < -0.3 is 9.47 Å². The number of hydrogen-bond acceptors (Lipinski definition) is 5. The van der Waals surface area contributed by atoms with Crippen LogP contribution in [0.4, 0.5) is 0 Å². The summed E-state index contributed by atoms with van der Waals surface area (Å²) in [5, 5.41) is 0. The number of rotatable bonds is 1. The van der Waals surface area contributed by atoms with E-state index in [1.165, 1.54) is 16.7 Å². The summed E-state index contributed by atoms with van der Waals surface area (Å²) in [7, 11) is 0. The molecule has 6 heteroatoms. The topological polar surface area (TPSA) is 55.8 Å². The van der Waals surface area contributed by atoms with Crippen LogP contribution in [0.25, 0.3) is 0 Å². The van der Waals surface area contributed by atoms with E-state index in [9.17, 15) is 9.59 Å². The van der Waals surface area contributed by atoms with Crippen molar-refractivity contribution >= 4 is 23.6 Å². The molecule has 0 atom stereocenters. The first-order valence-corrected chi connectivity index (χ1v) is 7.56. The van der Waals surface area contributed by atoms with Crippen molar-refractivity contribution in [1.82, 2.24) is 4.90 Å². The Labute approximate surface area is 110 Å². The summed E-state index contributed by atoms with van der Waals surface area (Å²) in [6, 6.07) is 0.0457. The second kappa shape index (κ2) is 4.83. The van der Waals surface area contributed by atoms with Crippen LogP contribution in [-0.4, -0.2) is 53.3 Å². The molecule has 3 fully saturated rings. The van der Waals surface area contributed by atoms with E-state index in [0.717, 1.165) is 25.7 Å². The largest absolute Gasteiger partial charge is 0.348 e. The van der Waals surface area contributed by atoms with E-state index >= 15 is 0 Å². The Bertz CT molecular complexity index is 341. The number of thioether (sulfide) groups is 1. The van der Waals surface area contributed by atoms with Crippen LogP contribution in [0.2, 0.25) is 0 Å². The Hall–Kier alpha value is -0.590. The molecule has 1 spiro atoms. The number of imide groups is 1. The third kappa shape index (κ3) is 2.17. The lowest BCUT2D eigenvalue weighted by atomic mass is 9.89. The van der Waals surface area contributed by atoms with Gasteiger partial charge in [-0.2, -0.15) is 0 Å². The lowest BCUT2D eigenvalue weighted by molar-refractivity contribution is -0.186. The summed E-state index contributed by atoms with van der Waals surface area (Å²) in [6.07, 6.45) is 3.15. The van der Waals surface area contributed by atoms with E-state index < -0.39 is 5.79 Å². The van der Waals surface area contributed by atoms with Gasteiger partial charge in [0.05, 0.1) is 24.7 Å². The zero-order chi connectivity index (χ0) is 12.6. The molecule has 0 aromatic rings. The zero-order valence-electron chi connectivity index (χ0n) is 10.2. The fraction of sp³-hybridized carbons (Fsp3) is 0.833. The van der Waals surface area contributed by atoms with Gasteiger partial charge in [0.15, 0.2) is 5.79 Å². The van der Waals surface area contributed by atoms with Gasteiger partial charge in [0, 0.05) is 18.9 Å². The normalized spacial score (nSPS) is 29.2. The molecule has 5 nitrogen and oxygen atoms in total. The Balaban J connectivity index is 1.64. The van der Waals surface area contributed by atoms with Crippen molar-refractivity contribution in [3.63, 3.8) is 0 Å². The molecule has 2 aliphatic heterocycles. The van der Waals surface area contributed by atoms with E-state index in [2.05, 4.69) is 0 Å². The molecule has 2 amide bonds. The molecule has 0 aromatic heterocycles. The molecule has 2 heterocycles. The predicted molar refractivity (Wildman–Crippen MR) is 66.1 cm³/mol. The first-order valence-electron chi connectivity index (χ1n) is 6.41. The molecular weight excluding hydrogens is 254 g/mol. The van der Waals surface area contributed by atoms with Crippen LogP contribution in [-0.2, 0) is 19.1 Å². The van der Waals surface area contributed by atoms with Gasteiger partial charge in [0.2, 0.25) is 11.8 Å². The highest BCUT2D eigenvalue weighted by atomic mass is 32.2. The van der Waals surface area contributed by atoms with Crippen LogP contribution in [0, 0.1) is 0 Å². The molecule has 0 radical (unpaired) electrons. The minimum absolute atomic E-state index is 0.0366. The Morgan fingerprint density at radius 2 is 1.61 bits per heavy atom. The second-order valence-corrected chi connectivity index (χ2v) is 5.97. The Morgan fingerprint density at radius 1 is 1.06 bits per heavy atom. The van der Waals surface area contributed by atoms with Gasteiger partial charge in [-0.25, -0.2) is 0 Å². The molecule has 2 saturated heterocycles. The van der Waals surface area contributed by atoms with E-state index in [1.54, 1.807) is 0 Å². The number of amides is 2. The van der Waals surface area contributed by atoms with Gasteiger partial charge in [-0.15, -0.1) is 11.8 Å². The summed E-state index contributed by atoms with van der Waals surface area (Å²) in [5.41, 5.74) is 0. The van der Waals surface area contributed by atoms with E-state index in [-0.39, 0.29) is 17.9 Å². The molecule has 3 rings (SSSR count). The molecule has 3 aliphatic rings. The van der Waals surface area contributed by atoms with Crippen molar-refractivity contribution in [2.24, 2.45) is 0 Å². The first kappa shape index (κ1) is 12.4. The van der Waals surface area contributed by atoms with Crippen LogP contribution < -0.4 is 0 Å². The monoisotopic (exact) mass is 271 g/mol. The number of hydrogen-bond donors (Lipinski definition) is 0. The average molecular weight is 271 g/mol. The molecule has 0 unspecified atom stereocenters. The number of carbonyl (C=O) groups excluding carboxylic acids is 2. The van der Waals surface area contributed by atoms with Crippen molar-refractivity contribution in [3.05, 3.63) is 0 Å². The highest BCUT2D eigenvalue weighted by Gasteiger charge is 2.44. The molecule has 1 aliphatic carbocycles. The smallest absolute Gasteiger partial charge is 0.239 e. The molecule has 1 saturated carbocycles. The summed E-state index contributed by atoms with van der Waals surface area (Å²) in [5.74, 6) is 0.365. The van der Waals surface area contributed by atoms with Gasteiger partial charge in [-0.1, -0.05) is 0 Å². The third-order valence-electron chi connectivity index (χ3n) is 3.88. The van der Waals surface area contributed by atoms with Crippen LogP contribution >= 0.6 is 11.8 Å². The quantitative estimate of drug-likeness (QED) is 0.660. The van der Waals surface area contributed by atoms with Gasteiger partial charge in [-0.3, -0.25) is 14.5 Å². The van der Waals surface area contributed by atoms with Crippen molar-refractivity contribution in [2.75, 3.05) is 24.7 Å². The van der Waals surface area contributed by atoms with Crippen molar-refractivity contribution in [3.8, 4) is 0 Å².